The van der Waals surface area contributed by atoms with E-state index in [4.69, 9.17) is 11.6 Å². The van der Waals surface area contributed by atoms with Crippen LogP contribution in [0.3, 0.4) is 0 Å². The minimum absolute atomic E-state index is 0.315. The molecule has 2 rings (SSSR count). The molecule has 1 N–H and O–H groups in total. The van der Waals surface area contributed by atoms with Crippen LogP contribution in [0.4, 0.5) is 8.78 Å². The van der Waals surface area contributed by atoms with Gasteiger partial charge >= 0.3 is 0 Å². The van der Waals surface area contributed by atoms with Gasteiger partial charge in [-0.25, -0.2) is 8.78 Å². The third-order valence-electron chi connectivity index (χ3n) is 2.99. The van der Waals surface area contributed by atoms with Crippen LogP contribution in [0, 0.1) is 11.6 Å². The van der Waals surface area contributed by atoms with E-state index in [0.29, 0.717) is 22.7 Å². The fourth-order valence-corrected chi connectivity index (χ4v) is 2.19. The predicted octanol–water partition coefficient (Wildman–Crippen LogP) is 4.10. The Balaban J connectivity index is 2.44. The smallest absolute Gasteiger partial charge is 0.146 e. The van der Waals surface area contributed by atoms with Crippen LogP contribution in [0.1, 0.15) is 30.5 Å². The van der Waals surface area contributed by atoms with Crippen LogP contribution in [-0.4, -0.2) is 11.5 Å². The second-order valence-corrected chi connectivity index (χ2v) is 4.89. The van der Waals surface area contributed by atoms with E-state index in [1.54, 1.807) is 18.2 Å². The number of halogens is 3. The van der Waals surface area contributed by atoms with Crippen LogP contribution in [0.2, 0.25) is 5.02 Å². The van der Waals surface area contributed by atoms with Crippen molar-refractivity contribution in [3.63, 3.8) is 0 Å². The number of pyridine rings is 1. The lowest BCUT2D eigenvalue weighted by atomic mass is 9.98. The maximum Gasteiger partial charge on any atom is 0.146 e. The molecule has 1 unspecified atom stereocenters. The van der Waals surface area contributed by atoms with Crippen molar-refractivity contribution in [2.45, 2.75) is 19.4 Å². The highest BCUT2D eigenvalue weighted by molar-refractivity contribution is 6.30. The second-order valence-electron chi connectivity index (χ2n) is 4.45. The number of hydrogen-bond acceptors (Lipinski definition) is 2. The molecule has 0 aliphatic rings. The Bertz CT molecular complexity index is 590. The molecule has 2 nitrogen and oxygen atoms in total. The molecule has 1 aromatic heterocycles. The first kappa shape index (κ1) is 14.9. The molecule has 1 heterocycles. The maximum atomic E-state index is 14.1. The van der Waals surface area contributed by atoms with Crippen LogP contribution in [-0.2, 0) is 0 Å². The molecule has 106 valence electrons. The van der Waals surface area contributed by atoms with E-state index < -0.39 is 17.7 Å². The van der Waals surface area contributed by atoms with Crippen LogP contribution in [0.25, 0.3) is 0 Å². The van der Waals surface area contributed by atoms with E-state index in [0.717, 1.165) is 12.6 Å². The van der Waals surface area contributed by atoms with Gasteiger partial charge in [-0.05, 0) is 31.2 Å². The lowest BCUT2D eigenvalue weighted by Crippen LogP contribution is -2.25. The number of rotatable bonds is 5. The highest BCUT2D eigenvalue weighted by Crippen LogP contribution is 2.27. The van der Waals surface area contributed by atoms with E-state index in [1.807, 2.05) is 6.92 Å². The summed E-state index contributed by atoms with van der Waals surface area (Å²) in [6.45, 7) is 2.64. The van der Waals surface area contributed by atoms with Gasteiger partial charge in [0.1, 0.15) is 11.6 Å². The fourth-order valence-electron chi connectivity index (χ4n) is 2.03. The van der Waals surface area contributed by atoms with Crippen molar-refractivity contribution >= 4 is 11.6 Å². The standard InChI is InChI=1S/C15H15ClF2N2/c1-2-6-20-15(12-5-7-19-9-14(12)18)11-4-3-10(16)8-13(11)17/h3-5,7-9,15,20H,2,6H2,1H3. The Hall–Kier alpha value is -1.52. The molecule has 2 aromatic rings. The molecule has 0 amide bonds. The summed E-state index contributed by atoms with van der Waals surface area (Å²) < 4.78 is 28.0. The highest BCUT2D eigenvalue weighted by Gasteiger charge is 2.20. The van der Waals surface area contributed by atoms with Gasteiger partial charge < -0.3 is 5.32 Å². The average molecular weight is 297 g/mol. The third-order valence-corrected chi connectivity index (χ3v) is 3.22. The predicted molar refractivity (Wildman–Crippen MR) is 75.7 cm³/mol. The summed E-state index contributed by atoms with van der Waals surface area (Å²) in [5.41, 5.74) is 0.739. The zero-order valence-corrected chi connectivity index (χ0v) is 11.8. The highest BCUT2D eigenvalue weighted by atomic mass is 35.5. The summed E-state index contributed by atoms with van der Waals surface area (Å²) in [6, 6.07) is 5.40. The van der Waals surface area contributed by atoms with Crippen LogP contribution in [0.5, 0.6) is 0 Å². The average Bonchev–Trinajstić information content (AvgIpc) is 2.42. The molecule has 0 spiro atoms. The lowest BCUT2D eigenvalue weighted by Gasteiger charge is -2.20. The molecular weight excluding hydrogens is 282 g/mol. The number of benzene rings is 1. The molecule has 1 aromatic carbocycles. The molecule has 0 saturated heterocycles. The molecule has 0 fully saturated rings. The topological polar surface area (TPSA) is 24.9 Å². The van der Waals surface area contributed by atoms with Gasteiger partial charge in [0.05, 0.1) is 12.2 Å². The molecule has 0 aliphatic heterocycles. The molecule has 20 heavy (non-hydrogen) atoms. The molecule has 5 heteroatoms. The molecular formula is C15H15ClF2N2. The Morgan fingerprint density at radius 1 is 1.20 bits per heavy atom. The largest absolute Gasteiger partial charge is 0.306 e. The lowest BCUT2D eigenvalue weighted by molar-refractivity contribution is 0.518. The minimum atomic E-state index is -0.560. The van der Waals surface area contributed by atoms with E-state index in [-0.39, 0.29) is 0 Å². The van der Waals surface area contributed by atoms with E-state index in [9.17, 15) is 8.78 Å². The van der Waals surface area contributed by atoms with Gasteiger partial charge in [-0.1, -0.05) is 24.6 Å². The zero-order chi connectivity index (χ0) is 14.5. The Labute approximate surface area is 121 Å². The van der Waals surface area contributed by atoms with Crippen LogP contribution < -0.4 is 5.32 Å². The molecule has 0 bridgehead atoms. The fraction of sp³-hybridized carbons (Fsp3) is 0.267. The van der Waals surface area contributed by atoms with Crippen molar-refractivity contribution in [3.8, 4) is 0 Å². The van der Waals surface area contributed by atoms with Crippen molar-refractivity contribution in [1.29, 1.82) is 0 Å². The van der Waals surface area contributed by atoms with Gasteiger partial charge in [-0.2, -0.15) is 0 Å². The summed E-state index contributed by atoms with van der Waals surface area (Å²) in [5.74, 6) is -0.919. The summed E-state index contributed by atoms with van der Waals surface area (Å²) in [7, 11) is 0. The third kappa shape index (κ3) is 3.32. The van der Waals surface area contributed by atoms with Crippen molar-refractivity contribution in [2.75, 3.05) is 6.54 Å². The van der Waals surface area contributed by atoms with Gasteiger partial charge in [0.2, 0.25) is 0 Å². The SMILES string of the molecule is CCCNC(c1ccncc1F)c1ccc(Cl)cc1F. The van der Waals surface area contributed by atoms with Crippen molar-refractivity contribution in [1.82, 2.24) is 10.3 Å². The van der Waals surface area contributed by atoms with Crippen molar-refractivity contribution < 1.29 is 8.78 Å². The van der Waals surface area contributed by atoms with E-state index in [2.05, 4.69) is 10.3 Å². The molecule has 0 saturated carbocycles. The summed E-state index contributed by atoms with van der Waals surface area (Å²) in [6.07, 6.45) is 3.48. The van der Waals surface area contributed by atoms with Crippen molar-refractivity contribution in [2.24, 2.45) is 0 Å². The first-order valence-electron chi connectivity index (χ1n) is 6.41. The normalized spacial score (nSPS) is 12.4. The Morgan fingerprint density at radius 2 is 1.95 bits per heavy atom. The van der Waals surface area contributed by atoms with Gasteiger partial charge in [0, 0.05) is 22.3 Å². The number of aromatic nitrogens is 1. The summed E-state index contributed by atoms with van der Waals surface area (Å²) >= 11 is 5.76. The molecule has 0 aliphatic carbocycles. The van der Waals surface area contributed by atoms with Gasteiger partial charge in [-0.15, -0.1) is 0 Å². The number of nitrogens with one attached hydrogen (secondary N) is 1. The molecule has 0 radical (unpaired) electrons. The Kier molecular flexibility index (Phi) is 5.04. The number of hydrogen-bond donors (Lipinski definition) is 1. The first-order valence-corrected chi connectivity index (χ1v) is 6.79. The van der Waals surface area contributed by atoms with Crippen LogP contribution >= 0.6 is 11.6 Å². The molecule has 1 atom stereocenters. The second kappa shape index (κ2) is 6.77. The van der Waals surface area contributed by atoms with E-state index in [1.165, 1.54) is 12.3 Å². The monoisotopic (exact) mass is 296 g/mol. The quantitative estimate of drug-likeness (QED) is 0.898. The minimum Gasteiger partial charge on any atom is -0.306 e. The summed E-state index contributed by atoms with van der Waals surface area (Å²) in [5, 5.41) is 3.47. The zero-order valence-electron chi connectivity index (χ0n) is 11.0. The maximum absolute atomic E-state index is 14.1. The van der Waals surface area contributed by atoms with Gasteiger partial charge in [0.25, 0.3) is 0 Å². The summed E-state index contributed by atoms with van der Waals surface area (Å²) in [4.78, 5) is 3.72. The van der Waals surface area contributed by atoms with Gasteiger partial charge in [-0.3, -0.25) is 4.98 Å². The van der Waals surface area contributed by atoms with Crippen LogP contribution in [0.15, 0.2) is 36.7 Å². The first-order chi connectivity index (χ1) is 9.63. The number of nitrogens with zero attached hydrogens (tertiary/aromatic N) is 1. The van der Waals surface area contributed by atoms with Crippen molar-refractivity contribution in [3.05, 3.63) is 64.4 Å². The van der Waals surface area contributed by atoms with E-state index >= 15 is 0 Å². The Morgan fingerprint density at radius 3 is 2.60 bits per heavy atom. The van der Waals surface area contributed by atoms with Gasteiger partial charge in [0.15, 0.2) is 0 Å².